The number of Topliss-reactive ketones (excluding diaryl/α,β-unsaturated/α-hetero) is 1. The fourth-order valence-electron chi connectivity index (χ4n) is 2.40. The molecule has 2 aromatic carbocycles. The molecule has 1 heterocycles. The summed E-state index contributed by atoms with van der Waals surface area (Å²) in [5.74, 6) is 0.816. The number of carbonyl (C=O) groups excluding carboxylic acids is 1. The lowest BCUT2D eigenvalue weighted by Crippen LogP contribution is -2.05. The summed E-state index contributed by atoms with van der Waals surface area (Å²) in [6.45, 7) is 5.94. The number of carbonyl (C=O) groups is 1. The number of ketones is 1. The number of benzene rings is 2. The van der Waals surface area contributed by atoms with Crippen molar-refractivity contribution in [2.24, 2.45) is 0 Å². The molecule has 1 aromatic heterocycles. The first kappa shape index (κ1) is 16.5. The molecule has 0 saturated carbocycles. The van der Waals surface area contributed by atoms with Crippen LogP contribution < -0.4 is 0 Å². The first-order valence-electron chi connectivity index (χ1n) is 7.67. The van der Waals surface area contributed by atoms with E-state index in [2.05, 4.69) is 10.2 Å². The third-order valence-electron chi connectivity index (χ3n) is 3.69. The monoisotopic (exact) mass is 338 g/mol. The van der Waals surface area contributed by atoms with Crippen LogP contribution in [-0.2, 0) is 0 Å². The molecule has 4 nitrogen and oxygen atoms in total. The van der Waals surface area contributed by atoms with Gasteiger partial charge in [0.25, 0.3) is 5.22 Å². The first-order chi connectivity index (χ1) is 11.5. The van der Waals surface area contributed by atoms with Crippen LogP contribution in [0.2, 0.25) is 0 Å². The predicted molar refractivity (Wildman–Crippen MR) is 95.4 cm³/mol. The van der Waals surface area contributed by atoms with Crippen LogP contribution in [0.3, 0.4) is 0 Å². The lowest BCUT2D eigenvalue weighted by atomic mass is 10.0. The molecule has 0 fully saturated rings. The van der Waals surface area contributed by atoms with Gasteiger partial charge in [-0.1, -0.05) is 47.2 Å². The highest BCUT2D eigenvalue weighted by Gasteiger charge is 2.14. The van der Waals surface area contributed by atoms with Gasteiger partial charge in [-0.2, -0.15) is 0 Å². The average molecular weight is 338 g/mol. The van der Waals surface area contributed by atoms with Crippen LogP contribution in [-0.4, -0.2) is 21.7 Å². The van der Waals surface area contributed by atoms with Gasteiger partial charge in [-0.25, -0.2) is 0 Å². The molecule has 0 radical (unpaired) electrons. The molecule has 0 unspecified atom stereocenters. The Balaban J connectivity index is 1.69. The zero-order valence-corrected chi connectivity index (χ0v) is 14.7. The highest BCUT2D eigenvalue weighted by Crippen LogP contribution is 2.24. The van der Waals surface area contributed by atoms with E-state index in [0.29, 0.717) is 11.1 Å². The Morgan fingerprint density at radius 1 is 1.04 bits per heavy atom. The van der Waals surface area contributed by atoms with Crippen molar-refractivity contribution in [3.8, 4) is 11.5 Å². The molecule has 24 heavy (non-hydrogen) atoms. The normalized spacial score (nSPS) is 10.8. The minimum absolute atomic E-state index is 0.0662. The molecule has 0 atom stereocenters. The van der Waals surface area contributed by atoms with Crippen LogP contribution in [0.15, 0.2) is 52.1 Å². The molecule has 0 spiro atoms. The zero-order chi connectivity index (χ0) is 17.1. The average Bonchev–Trinajstić information content (AvgIpc) is 3.04. The maximum absolute atomic E-state index is 12.4. The van der Waals surface area contributed by atoms with E-state index >= 15 is 0 Å². The van der Waals surface area contributed by atoms with Crippen LogP contribution in [0, 0.1) is 20.8 Å². The molecule has 0 aliphatic rings. The maximum atomic E-state index is 12.4. The second kappa shape index (κ2) is 7.01. The highest BCUT2D eigenvalue weighted by atomic mass is 32.2. The Bertz CT molecular complexity index is 887. The fraction of sp³-hybridized carbons (Fsp3) is 0.211. The number of thioether (sulfide) groups is 1. The third kappa shape index (κ3) is 3.74. The van der Waals surface area contributed by atoms with Crippen molar-refractivity contribution in [3.05, 3.63) is 64.7 Å². The van der Waals surface area contributed by atoms with E-state index in [-0.39, 0.29) is 11.5 Å². The van der Waals surface area contributed by atoms with E-state index in [0.717, 1.165) is 27.8 Å². The number of hydrogen-bond donors (Lipinski definition) is 0. The molecule has 0 bridgehead atoms. The topological polar surface area (TPSA) is 56.0 Å². The quantitative estimate of drug-likeness (QED) is 0.501. The smallest absolute Gasteiger partial charge is 0.277 e. The molecule has 0 aliphatic carbocycles. The van der Waals surface area contributed by atoms with Crippen LogP contribution in [0.1, 0.15) is 27.0 Å². The summed E-state index contributed by atoms with van der Waals surface area (Å²) in [5, 5.41) is 8.49. The second-order valence-electron chi connectivity index (χ2n) is 5.77. The fourth-order valence-corrected chi connectivity index (χ4v) is 3.05. The Morgan fingerprint density at radius 3 is 2.62 bits per heavy atom. The van der Waals surface area contributed by atoms with Crippen molar-refractivity contribution in [3.63, 3.8) is 0 Å². The van der Waals surface area contributed by atoms with Gasteiger partial charge in [0.15, 0.2) is 5.78 Å². The number of aromatic nitrogens is 2. The molecule has 3 rings (SSSR count). The Labute approximate surface area is 145 Å². The molecule has 3 aromatic rings. The van der Waals surface area contributed by atoms with Crippen molar-refractivity contribution in [1.82, 2.24) is 10.2 Å². The second-order valence-corrected chi connectivity index (χ2v) is 6.70. The summed E-state index contributed by atoms with van der Waals surface area (Å²) in [4.78, 5) is 12.4. The number of aryl methyl sites for hydroxylation is 3. The molecular formula is C19H18N2O2S. The first-order valence-corrected chi connectivity index (χ1v) is 8.65. The summed E-state index contributed by atoms with van der Waals surface area (Å²) in [5.41, 5.74) is 4.83. The standard InChI is InChI=1S/C19H18N2O2S/c1-12-5-4-6-15(9-12)18-20-21-19(23-18)24-11-17(22)16-10-13(2)7-8-14(16)3/h4-10H,11H2,1-3H3. The van der Waals surface area contributed by atoms with E-state index in [9.17, 15) is 4.79 Å². The van der Waals surface area contributed by atoms with Crippen molar-refractivity contribution in [2.45, 2.75) is 26.0 Å². The van der Waals surface area contributed by atoms with Gasteiger partial charge in [0.2, 0.25) is 5.89 Å². The van der Waals surface area contributed by atoms with E-state index in [1.165, 1.54) is 11.8 Å². The van der Waals surface area contributed by atoms with Gasteiger partial charge in [-0.05, 0) is 44.5 Å². The summed E-state index contributed by atoms with van der Waals surface area (Å²) in [7, 11) is 0. The highest BCUT2D eigenvalue weighted by molar-refractivity contribution is 7.99. The molecule has 0 amide bonds. The van der Waals surface area contributed by atoms with Crippen molar-refractivity contribution in [1.29, 1.82) is 0 Å². The van der Waals surface area contributed by atoms with E-state index in [1.807, 2.05) is 63.2 Å². The third-order valence-corrected chi connectivity index (χ3v) is 4.51. The van der Waals surface area contributed by atoms with Crippen LogP contribution in [0.4, 0.5) is 0 Å². The van der Waals surface area contributed by atoms with Crippen molar-refractivity contribution < 1.29 is 9.21 Å². The van der Waals surface area contributed by atoms with Gasteiger partial charge in [0.05, 0.1) is 5.75 Å². The summed E-state index contributed by atoms with van der Waals surface area (Å²) >= 11 is 1.27. The summed E-state index contributed by atoms with van der Waals surface area (Å²) in [6, 6.07) is 13.8. The number of rotatable bonds is 5. The Morgan fingerprint density at radius 2 is 1.83 bits per heavy atom. The lowest BCUT2D eigenvalue weighted by molar-refractivity contribution is 0.102. The van der Waals surface area contributed by atoms with Gasteiger partial charge < -0.3 is 4.42 Å². The van der Waals surface area contributed by atoms with Gasteiger partial charge in [-0.3, -0.25) is 4.79 Å². The Hall–Kier alpha value is -2.40. The minimum Gasteiger partial charge on any atom is -0.411 e. The van der Waals surface area contributed by atoms with Crippen LogP contribution in [0.5, 0.6) is 0 Å². The minimum atomic E-state index is 0.0662. The van der Waals surface area contributed by atoms with Gasteiger partial charge in [0, 0.05) is 11.1 Å². The molecular weight excluding hydrogens is 320 g/mol. The number of nitrogens with zero attached hydrogens (tertiary/aromatic N) is 2. The molecule has 5 heteroatoms. The van der Waals surface area contributed by atoms with E-state index < -0.39 is 0 Å². The largest absolute Gasteiger partial charge is 0.411 e. The predicted octanol–water partition coefficient (Wildman–Crippen LogP) is 4.64. The SMILES string of the molecule is Cc1cccc(-c2nnc(SCC(=O)c3cc(C)ccc3C)o2)c1. The van der Waals surface area contributed by atoms with Crippen LogP contribution in [0.25, 0.3) is 11.5 Å². The van der Waals surface area contributed by atoms with Crippen LogP contribution >= 0.6 is 11.8 Å². The lowest BCUT2D eigenvalue weighted by Gasteiger charge is -2.04. The number of hydrogen-bond acceptors (Lipinski definition) is 5. The molecule has 0 aliphatic heterocycles. The zero-order valence-electron chi connectivity index (χ0n) is 13.9. The molecule has 0 N–H and O–H groups in total. The maximum Gasteiger partial charge on any atom is 0.277 e. The Kier molecular flexibility index (Phi) is 4.81. The summed E-state index contributed by atoms with van der Waals surface area (Å²) in [6.07, 6.45) is 0. The molecule has 0 saturated heterocycles. The van der Waals surface area contributed by atoms with E-state index in [4.69, 9.17) is 4.42 Å². The van der Waals surface area contributed by atoms with Gasteiger partial charge in [-0.15, -0.1) is 10.2 Å². The summed E-state index contributed by atoms with van der Waals surface area (Å²) < 4.78 is 5.65. The van der Waals surface area contributed by atoms with Gasteiger partial charge >= 0.3 is 0 Å². The van der Waals surface area contributed by atoms with Gasteiger partial charge in [0.1, 0.15) is 0 Å². The van der Waals surface area contributed by atoms with Crippen molar-refractivity contribution >= 4 is 17.5 Å². The van der Waals surface area contributed by atoms with E-state index in [1.54, 1.807) is 0 Å². The molecule has 122 valence electrons. The van der Waals surface area contributed by atoms with Crippen molar-refractivity contribution in [2.75, 3.05) is 5.75 Å².